The molecule has 4 aromatic heterocycles. The monoisotopic (exact) mass is 939 g/mol. The van der Waals surface area contributed by atoms with Crippen LogP contribution in [0.5, 0.6) is 0 Å². The molecular weight excluding hydrogens is 883 g/mol. The molecular formula is C44H57N7O4S6. The largest absolute Gasteiger partial charge is 0.397 e. The number of amides is 4. The van der Waals surface area contributed by atoms with Crippen molar-refractivity contribution in [2.24, 2.45) is 14.1 Å². The maximum Gasteiger partial charge on any atom is 0.274 e. The fraction of sp³-hybridized carbons (Fsp3) is 0.364. The number of benzene rings is 2. The highest BCUT2D eigenvalue weighted by atomic mass is 32.8. The highest BCUT2D eigenvalue weighted by molar-refractivity contribution is 8.29. The van der Waals surface area contributed by atoms with E-state index in [1.54, 1.807) is 47.8 Å². The van der Waals surface area contributed by atoms with Crippen LogP contribution in [0.2, 0.25) is 0 Å². The first-order chi connectivity index (χ1) is 28.0. The van der Waals surface area contributed by atoms with Gasteiger partial charge in [-0.05, 0) is 124 Å². The number of thiophene rings is 2. The smallest absolute Gasteiger partial charge is 0.274 e. The Kier molecular flexibility index (Phi) is 16.1. The topological polar surface area (TPSA) is 135 Å². The average molecular weight is 940 g/mol. The Labute approximate surface area is 381 Å². The van der Waals surface area contributed by atoms with Crippen LogP contribution in [0.4, 0.5) is 17.1 Å². The molecule has 17 heteroatoms. The molecule has 0 aliphatic carbocycles. The summed E-state index contributed by atoms with van der Waals surface area (Å²) < 4.78 is 5.31. The summed E-state index contributed by atoms with van der Waals surface area (Å²) in [6.45, 7) is 11.3. The summed E-state index contributed by atoms with van der Waals surface area (Å²) >= 11 is 13.7. The van der Waals surface area contributed by atoms with Crippen LogP contribution in [0.15, 0.2) is 73.1 Å². The van der Waals surface area contributed by atoms with Gasteiger partial charge in [-0.15, -0.1) is 41.6 Å². The molecule has 0 radical (unpaired) electrons. The second kappa shape index (κ2) is 19.8. The zero-order valence-electron chi connectivity index (χ0n) is 35.8. The maximum atomic E-state index is 12.9. The number of aromatic nitrogens is 2. The Morgan fingerprint density at radius 1 is 0.689 bits per heavy atom. The second-order valence-corrected chi connectivity index (χ2v) is 25.2. The van der Waals surface area contributed by atoms with Crippen LogP contribution in [0.3, 0.4) is 0 Å². The van der Waals surface area contributed by atoms with E-state index < -0.39 is 0 Å². The third-order valence-electron chi connectivity index (χ3n) is 10.3. The summed E-state index contributed by atoms with van der Waals surface area (Å²) in [4.78, 5) is 55.5. The van der Waals surface area contributed by atoms with Crippen molar-refractivity contribution in [3.63, 3.8) is 0 Å². The molecule has 61 heavy (non-hydrogen) atoms. The highest BCUT2D eigenvalue weighted by Crippen LogP contribution is 2.32. The first kappa shape index (κ1) is 49.4. The molecule has 0 saturated carbocycles. The SMILES string of the molecule is C.CN(C(=O)c1cc(N)cn1C)c1ccc2sc(C(=O)NCC(C)(C)S(C)=S)cc2c1.Cc1cc(C(=O)N(C)c2ccc3sc(C(=O)NCC(C)(C)S(C)=S)cc3c2)n(C)c1. The van der Waals surface area contributed by atoms with E-state index in [-0.39, 0.29) is 59.5 Å². The summed E-state index contributed by atoms with van der Waals surface area (Å²) in [7, 11) is 6.73. The molecule has 4 heterocycles. The molecule has 0 bridgehead atoms. The predicted octanol–water partition coefficient (Wildman–Crippen LogP) is 8.00. The van der Waals surface area contributed by atoms with Gasteiger partial charge in [-0.3, -0.25) is 19.2 Å². The lowest BCUT2D eigenvalue weighted by Gasteiger charge is -2.24. The van der Waals surface area contributed by atoms with Crippen LogP contribution in [-0.2, 0) is 55.4 Å². The Bertz CT molecular complexity index is 2470. The van der Waals surface area contributed by atoms with Crippen LogP contribution >= 0.6 is 22.7 Å². The maximum absolute atomic E-state index is 12.9. The van der Waals surface area contributed by atoms with E-state index in [1.165, 1.54) is 22.7 Å². The highest BCUT2D eigenvalue weighted by Gasteiger charge is 2.24. The van der Waals surface area contributed by atoms with Gasteiger partial charge in [0.05, 0.1) is 15.4 Å². The van der Waals surface area contributed by atoms with Crippen LogP contribution in [-0.4, -0.2) is 82.0 Å². The van der Waals surface area contributed by atoms with Crippen molar-refractivity contribution in [3.8, 4) is 0 Å². The molecule has 4 amide bonds. The number of hydrogen-bond acceptors (Lipinski definition) is 9. The summed E-state index contributed by atoms with van der Waals surface area (Å²) in [5, 5.41) is 7.88. The van der Waals surface area contributed by atoms with Gasteiger partial charge >= 0.3 is 0 Å². The van der Waals surface area contributed by atoms with E-state index in [2.05, 4.69) is 38.3 Å². The number of rotatable bonds is 12. The van der Waals surface area contributed by atoms with E-state index in [0.717, 1.165) is 37.1 Å². The van der Waals surface area contributed by atoms with Crippen molar-refractivity contribution < 1.29 is 19.2 Å². The number of nitrogens with one attached hydrogen (secondary N) is 2. The molecule has 6 aromatic rings. The van der Waals surface area contributed by atoms with Gasteiger partial charge in [-0.1, -0.05) is 29.8 Å². The standard InChI is InChI=1S/C22H27N3O2S3.C21H26N4O2S3.CH4/c1-14-9-17(24(4)12-14)21(27)25(5)16-7-8-18-15(10-16)11-19(29-18)20(26)23-13-22(2,3)30(6)28;1-21(2,30(5)28)12-23-19(26)18-9-13-8-15(6-7-17(13)29-18)25(4)20(27)16-10-14(22)11-24(16)3;/h7-12H,13H2,1-6H3,(H,23,26);6-11H,12,22H2,1-5H3,(H,23,26);1H4. The molecule has 6 rings (SSSR count). The summed E-state index contributed by atoms with van der Waals surface area (Å²) in [5.41, 5.74) is 10.1. The van der Waals surface area contributed by atoms with Gasteiger partial charge in [-0.2, -0.15) is 0 Å². The number of anilines is 3. The Morgan fingerprint density at radius 3 is 1.43 bits per heavy atom. The predicted molar refractivity (Wildman–Crippen MR) is 270 cm³/mol. The van der Waals surface area contributed by atoms with Crippen molar-refractivity contribution in [1.82, 2.24) is 19.8 Å². The van der Waals surface area contributed by atoms with E-state index >= 15 is 0 Å². The minimum absolute atomic E-state index is 0. The van der Waals surface area contributed by atoms with Crippen molar-refractivity contribution in [3.05, 3.63) is 99.8 Å². The molecule has 2 aromatic carbocycles. The fourth-order valence-corrected chi connectivity index (χ4v) is 8.81. The van der Waals surface area contributed by atoms with Crippen LogP contribution in [0.25, 0.3) is 20.2 Å². The molecule has 0 aliphatic heterocycles. The fourth-order valence-electron chi connectivity index (χ4n) is 5.99. The lowest BCUT2D eigenvalue weighted by Crippen LogP contribution is -2.40. The zero-order chi connectivity index (χ0) is 44.4. The van der Waals surface area contributed by atoms with Gasteiger partial charge in [0.1, 0.15) is 11.4 Å². The van der Waals surface area contributed by atoms with Crippen molar-refractivity contribution in [2.45, 2.75) is 51.5 Å². The average Bonchev–Trinajstić information content (AvgIpc) is 3.98. The summed E-state index contributed by atoms with van der Waals surface area (Å²) in [6.07, 6.45) is 7.66. The van der Waals surface area contributed by atoms with Crippen molar-refractivity contribution in [1.29, 1.82) is 0 Å². The lowest BCUT2D eigenvalue weighted by atomic mass is 10.2. The second-order valence-electron chi connectivity index (χ2n) is 16.0. The minimum Gasteiger partial charge on any atom is -0.397 e. The van der Waals surface area contributed by atoms with Gasteiger partial charge < -0.3 is 35.3 Å². The van der Waals surface area contributed by atoms with Gasteiger partial charge in [0.2, 0.25) is 0 Å². The van der Waals surface area contributed by atoms with Crippen LogP contribution in [0.1, 0.15) is 81.0 Å². The molecule has 11 nitrogen and oxygen atoms in total. The first-order valence-electron chi connectivity index (χ1n) is 18.9. The Morgan fingerprint density at radius 2 is 1.08 bits per heavy atom. The van der Waals surface area contributed by atoms with E-state index in [1.807, 2.05) is 91.8 Å². The number of hydrogen-bond donors (Lipinski definition) is 3. The van der Waals surface area contributed by atoms with Crippen molar-refractivity contribution >= 4 is 125 Å². The number of nitrogens with two attached hydrogens (primary N) is 1. The van der Waals surface area contributed by atoms with Gasteiger partial charge in [0.15, 0.2) is 0 Å². The van der Waals surface area contributed by atoms with Gasteiger partial charge in [0.25, 0.3) is 23.6 Å². The molecule has 328 valence electrons. The molecule has 4 N–H and O–H groups in total. The van der Waals surface area contributed by atoms with Gasteiger partial charge in [0, 0.05) is 83.9 Å². The van der Waals surface area contributed by atoms with E-state index in [9.17, 15) is 19.2 Å². The van der Waals surface area contributed by atoms with Gasteiger partial charge in [-0.25, -0.2) is 0 Å². The molecule has 2 atom stereocenters. The number of fused-ring (bicyclic) bond motifs is 2. The number of nitrogen functional groups attached to an aromatic ring is 1. The van der Waals surface area contributed by atoms with E-state index in [0.29, 0.717) is 39.9 Å². The quantitative estimate of drug-likeness (QED) is 0.113. The minimum atomic E-state index is -0.218. The molecule has 0 spiro atoms. The van der Waals surface area contributed by atoms with Crippen molar-refractivity contribution in [2.75, 3.05) is 55.2 Å². The Hall–Kier alpha value is -4.26. The molecule has 0 saturated heterocycles. The first-order valence-corrected chi connectivity index (χ1v) is 25.7. The Balaban J connectivity index is 0.000000264. The number of aryl methyl sites for hydroxylation is 3. The third-order valence-corrected chi connectivity index (χ3v) is 18.7. The van der Waals surface area contributed by atoms with Crippen LogP contribution in [0, 0.1) is 6.92 Å². The normalized spacial score (nSPS) is 12.5. The molecule has 2 unspecified atom stereocenters. The number of carbonyl (C=O) groups excluding carboxylic acids is 4. The van der Waals surface area contributed by atoms with Crippen LogP contribution < -0.4 is 26.2 Å². The third kappa shape index (κ3) is 11.6. The molecule has 0 aliphatic rings. The number of nitrogens with zero attached hydrogens (tertiary/aromatic N) is 4. The summed E-state index contributed by atoms with van der Waals surface area (Å²) in [6, 6.07) is 18.9. The summed E-state index contributed by atoms with van der Waals surface area (Å²) in [5.74, 6) is -0.410. The lowest BCUT2D eigenvalue weighted by molar-refractivity contribution is 0.0947. The zero-order valence-corrected chi connectivity index (χ0v) is 40.7. The molecule has 0 fully saturated rings. The number of carbonyl (C=O) groups is 4. The van der Waals surface area contributed by atoms with E-state index in [4.69, 9.17) is 28.1 Å².